The number of hydrogen-bond acceptors (Lipinski definition) is 4. The fraction of sp³-hybridized carbons (Fsp3) is 0.636. The van der Waals surface area contributed by atoms with E-state index in [1.54, 1.807) is 4.90 Å². The first-order valence-corrected chi connectivity index (χ1v) is 6.15. The van der Waals surface area contributed by atoms with E-state index < -0.39 is 17.2 Å². The Morgan fingerprint density at radius 2 is 2.05 bits per heavy atom. The average molecular weight is 296 g/mol. The molecule has 2 atom stereocenters. The van der Waals surface area contributed by atoms with Crippen LogP contribution in [0.3, 0.4) is 0 Å². The van der Waals surface area contributed by atoms with E-state index in [1.165, 1.54) is 0 Å². The van der Waals surface area contributed by atoms with Crippen molar-refractivity contribution in [2.75, 3.05) is 18.1 Å². The molecule has 0 N–H and O–H groups in total. The third-order valence-electron chi connectivity index (χ3n) is 2.88. The zero-order valence-electron chi connectivity index (χ0n) is 10.4. The molecule has 2 heterocycles. The topological polar surface area (TPSA) is 38.2 Å². The van der Waals surface area contributed by atoms with Crippen molar-refractivity contribution in [2.45, 2.75) is 32.2 Å². The van der Waals surface area contributed by atoms with Crippen LogP contribution in [-0.4, -0.2) is 35.3 Å². The van der Waals surface area contributed by atoms with Crippen LogP contribution in [0.4, 0.5) is 19.0 Å². The number of halogens is 4. The number of anilines is 1. The molecule has 0 amide bonds. The molecule has 0 radical (unpaired) electrons. The number of aromatic nitrogens is 2. The van der Waals surface area contributed by atoms with Gasteiger partial charge in [0.2, 0.25) is 5.28 Å². The molecule has 0 spiro atoms. The smallest absolute Gasteiger partial charge is 0.375 e. The van der Waals surface area contributed by atoms with Gasteiger partial charge in [0, 0.05) is 12.6 Å². The average Bonchev–Trinajstić information content (AvgIpc) is 2.30. The van der Waals surface area contributed by atoms with Gasteiger partial charge in [0.15, 0.2) is 5.69 Å². The molecule has 1 fully saturated rings. The molecule has 1 aliphatic heterocycles. The number of rotatable bonds is 1. The van der Waals surface area contributed by atoms with Crippen molar-refractivity contribution in [1.82, 2.24) is 9.97 Å². The van der Waals surface area contributed by atoms with Crippen molar-refractivity contribution >= 4 is 17.4 Å². The van der Waals surface area contributed by atoms with E-state index in [1.807, 2.05) is 13.8 Å². The van der Waals surface area contributed by atoms with E-state index in [9.17, 15) is 13.2 Å². The Balaban J connectivity index is 2.36. The SMILES string of the molecule is CC1CN(c2cc(C(F)(F)F)nc(Cl)n2)C(C)CO1. The minimum absolute atomic E-state index is 0.0664. The summed E-state index contributed by atoms with van der Waals surface area (Å²) < 4.78 is 43.5. The minimum Gasteiger partial charge on any atom is -0.375 e. The third kappa shape index (κ3) is 3.27. The lowest BCUT2D eigenvalue weighted by atomic mass is 10.2. The van der Waals surface area contributed by atoms with Gasteiger partial charge in [-0.1, -0.05) is 0 Å². The largest absolute Gasteiger partial charge is 0.433 e. The maximum Gasteiger partial charge on any atom is 0.433 e. The number of alkyl halides is 3. The van der Waals surface area contributed by atoms with E-state index in [-0.39, 0.29) is 18.0 Å². The molecule has 1 aromatic rings. The fourth-order valence-corrected chi connectivity index (χ4v) is 2.10. The first-order chi connectivity index (χ1) is 8.77. The van der Waals surface area contributed by atoms with Gasteiger partial charge in [0.25, 0.3) is 0 Å². The van der Waals surface area contributed by atoms with Gasteiger partial charge in [-0.2, -0.15) is 13.2 Å². The summed E-state index contributed by atoms with van der Waals surface area (Å²) in [4.78, 5) is 8.84. The molecule has 106 valence electrons. The lowest BCUT2D eigenvalue weighted by Gasteiger charge is -2.37. The quantitative estimate of drug-likeness (QED) is 0.747. The Morgan fingerprint density at radius 3 is 2.68 bits per heavy atom. The van der Waals surface area contributed by atoms with Crippen LogP contribution in [0.1, 0.15) is 19.5 Å². The van der Waals surface area contributed by atoms with E-state index in [0.29, 0.717) is 13.2 Å². The molecule has 0 bridgehead atoms. The summed E-state index contributed by atoms with van der Waals surface area (Å²) in [7, 11) is 0. The molecule has 19 heavy (non-hydrogen) atoms. The van der Waals surface area contributed by atoms with Gasteiger partial charge >= 0.3 is 6.18 Å². The fourth-order valence-electron chi connectivity index (χ4n) is 1.92. The Hall–Kier alpha value is -1.08. The predicted molar refractivity (Wildman–Crippen MR) is 64.3 cm³/mol. The second-order valence-corrected chi connectivity index (χ2v) is 4.86. The highest BCUT2D eigenvalue weighted by atomic mass is 35.5. The summed E-state index contributed by atoms with van der Waals surface area (Å²) in [6.45, 7) is 4.61. The maximum absolute atomic E-state index is 12.7. The second-order valence-electron chi connectivity index (χ2n) is 4.52. The van der Waals surface area contributed by atoms with Gasteiger partial charge in [0.05, 0.1) is 18.8 Å². The van der Waals surface area contributed by atoms with Crippen LogP contribution in [0.2, 0.25) is 5.28 Å². The van der Waals surface area contributed by atoms with Crippen LogP contribution < -0.4 is 4.90 Å². The molecule has 0 saturated carbocycles. The molecule has 1 aliphatic rings. The van der Waals surface area contributed by atoms with Gasteiger partial charge in [-0.25, -0.2) is 9.97 Å². The van der Waals surface area contributed by atoms with Gasteiger partial charge in [0.1, 0.15) is 5.82 Å². The van der Waals surface area contributed by atoms with Crippen LogP contribution in [0.5, 0.6) is 0 Å². The van der Waals surface area contributed by atoms with Crippen molar-refractivity contribution in [3.8, 4) is 0 Å². The van der Waals surface area contributed by atoms with Gasteiger partial charge < -0.3 is 9.64 Å². The highest BCUT2D eigenvalue weighted by molar-refractivity contribution is 6.28. The van der Waals surface area contributed by atoms with Gasteiger partial charge in [-0.15, -0.1) is 0 Å². The Morgan fingerprint density at radius 1 is 1.37 bits per heavy atom. The molecule has 1 saturated heterocycles. The van der Waals surface area contributed by atoms with Gasteiger partial charge in [-0.05, 0) is 25.4 Å². The molecule has 0 aliphatic carbocycles. The monoisotopic (exact) mass is 295 g/mol. The van der Waals surface area contributed by atoms with E-state index >= 15 is 0 Å². The van der Waals surface area contributed by atoms with Crippen LogP contribution in [0, 0.1) is 0 Å². The molecular weight excluding hydrogens is 283 g/mol. The Kier molecular flexibility index (Phi) is 3.87. The number of ether oxygens (including phenoxy) is 1. The van der Waals surface area contributed by atoms with Crippen molar-refractivity contribution in [1.29, 1.82) is 0 Å². The molecule has 0 aromatic carbocycles. The molecule has 1 aromatic heterocycles. The van der Waals surface area contributed by atoms with Crippen LogP contribution >= 0.6 is 11.6 Å². The number of nitrogens with zero attached hydrogens (tertiary/aromatic N) is 3. The maximum atomic E-state index is 12.7. The lowest BCUT2D eigenvalue weighted by molar-refractivity contribution is -0.141. The zero-order chi connectivity index (χ0) is 14.2. The first kappa shape index (κ1) is 14.3. The van der Waals surface area contributed by atoms with Crippen molar-refractivity contribution < 1.29 is 17.9 Å². The lowest BCUT2D eigenvalue weighted by Crippen LogP contribution is -2.48. The summed E-state index contributed by atoms with van der Waals surface area (Å²) in [5.41, 5.74) is -1.03. The van der Waals surface area contributed by atoms with Crippen molar-refractivity contribution in [2.24, 2.45) is 0 Å². The standard InChI is InChI=1S/C11H13ClF3N3O/c1-6-5-19-7(2)4-18(6)9-3-8(11(13,14)15)16-10(12)17-9/h3,6-7H,4-5H2,1-2H3. The van der Waals surface area contributed by atoms with Gasteiger partial charge in [-0.3, -0.25) is 0 Å². The summed E-state index contributed by atoms with van der Waals surface area (Å²) in [5.74, 6) is 0.176. The van der Waals surface area contributed by atoms with Crippen molar-refractivity contribution in [3.63, 3.8) is 0 Å². The van der Waals surface area contributed by atoms with Crippen molar-refractivity contribution in [3.05, 3.63) is 17.0 Å². The summed E-state index contributed by atoms with van der Waals surface area (Å²) in [6.07, 6.45) is -4.61. The van der Waals surface area contributed by atoms with Crippen LogP contribution in [0.15, 0.2) is 6.07 Å². The molecule has 8 heteroatoms. The minimum atomic E-state index is -4.54. The predicted octanol–water partition coefficient (Wildman–Crippen LogP) is 2.76. The molecule has 4 nitrogen and oxygen atoms in total. The highest BCUT2D eigenvalue weighted by Crippen LogP contribution is 2.31. The molecule has 2 rings (SSSR count). The Labute approximate surface area is 113 Å². The molecular formula is C11H13ClF3N3O. The zero-order valence-corrected chi connectivity index (χ0v) is 11.2. The van der Waals surface area contributed by atoms with E-state index in [4.69, 9.17) is 16.3 Å². The number of hydrogen-bond donors (Lipinski definition) is 0. The van der Waals surface area contributed by atoms with E-state index in [0.717, 1.165) is 6.07 Å². The number of morpholine rings is 1. The third-order valence-corrected chi connectivity index (χ3v) is 3.05. The normalized spacial score (nSPS) is 24.6. The highest BCUT2D eigenvalue weighted by Gasteiger charge is 2.35. The van der Waals surface area contributed by atoms with E-state index in [2.05, 4.69) is 9.97 Å². The first-order valence-electron chi connectivity index (χ1n) is 5.77. The second kappa shape index (κ2) is 5.13. The Bertz CT molecular complexity index is 469. The van der Waals surface area contributed by atoms with Crippen LogP contribution in [0.25, 0.3) is 0 Å². The summed E-state index contributed by atoms with van der Waals surface area (Å²) >= 11 is 5.58. The van der Waals surface area contributed by atoms with Crippen LogP contribution in [-0.2, 0) is 10.9 Å². The summed E-state index contributed by atoms with van der Waals surface area (Å²) in [5, 5.41) is -0.406. The summed E-state index contributed by atoms with van der Waals surface area (Å²) in [6, 6.07) is 0.851. The molecule has 2 unspecified atom stereocenters.